The van der Waals surface area contributed by atoms with Crippen LogP contribution in [0.15, 0.2) is 24.3 Å². The molecule has 0 fully saturated rings. The molecule has 0 aliphatic rings. The van der Waals surface area contributed by atoms with Crippen LogP contribution in [-0.2, 0) is 4.74 Å². The number of aliphatic hydroxyl groups excluding tert-OH is 2. The molecule has 4 nitrogen and oxygen atoms in total. The highest BCUT2D eigenvalue weighted by Crippen LogP contribution is 2.24. The summed E-state index contributed by atoms with van der Waals surface area (Å²) < 4.78 is 10.8. The fourth-order valence-corrected chi connectivity index (χ4v) is 1.49. The third-order valence-electron chi connectivity index (χ3n) is 2.42. The molecular formula is C14H22O4. The Kier molecular flexibility index (Phi) is 6.12. The SMILES string of the molecule is CC(C)OCC(O)COc1ccccc1[C@@H](C)O. The van der Waals surface area contributed by atoms with Crippen molar-refractivity contribution in [2.75, 3.05) is 13.2 Å². The molecule has 0 amide bonds. The van der Waals surface area contributed by atoms with Crippen LogP contribution in [0.5, 0.6) is 5.75 Å². The molecule has 0 radical (unpaired) electrons. The number of hydrogen-bond acceptors (Lipinski definition) is 4. The molecule has 0 aliphatic heterocycles. The number of benzene rings is 1. The van der Waals surface area contributed by atoms with E-state index in [4.69, 9.17) is 9.47 Å². The molecule has 0 aromatic heterocycles. The third-order valence-corrected chi connectivity index (χ3v) is 2.42. The molecule has 2 N–H and O–H groups in total. The zero-order chi connectivity index (χ0) is 13.5. The lowest BCUT2D eigenvalue weighted by Crippen LogP contribution is -2.25. The van der Waals surface area contributed by atoms with E-state index in [9.17, 15) is 10.2 Å². The molecule has 1 rings (SSSR count). The summed E-state index contributed by atoms with van der Waals surface area (Å²) in [6, 6.07) is 7.25. The molecule has 0 heterocycles. The van der Waals surface area contributed by atoms with E-state index in [1.807, 2.05) is 26.0 Å². The minimum absolute atomic E-state index is 0.0874. The number of rotatable bonds is 7. The van der Waals surface area contributed by atoms with Gasteiger partial charge in [0.2, 0.25) is 0 Å². The highest BCUT2D eigenvalue weighted by atomic mass is 16.5. The van der Waals surface area contributed by atoms with Gasteiger partial charge in [0, 0.05) is 5.56 Å². The lowest BCUT2D eigenvalue weighted by Gasteiger charge is -2.17. The molecule has 0 bridgehead atoms. The van der Waals surface area contributed by atoms with Gasteiger partial charge in [-0.1, -0.05) is 18.2 Å². The Bertz CT molecular complexity index is 349. The summed E-state index contributed by atoms with van der Waals surface area (Å²) in [5.74, 6) is 0.594. The van der Waals surface area contributed by atoms with E-state index in [2.05, 4.69) is 0 Å². The fourth-order valence-electron chi connectivity index (χ4n) is 1.49. The first kappa shape index (κ1) is 15.0. The Hall–Kier alpha value is -1.10. The minimum atomic E-state index is -0.672. The molecule has 1 unspecified atom stereocenters. The maximum absolute atomic E-state index is 9.68. The van der Waals surface area contributed by atoms with Crippen LogP contribution in [0.4, 0.5) is 0 Å². The van der Waals surface area contributed by atoms with Crippen LogP contribution in [0.1, 0.15) is 32.4 Å². The Labute approximate surface area is 108 Å². The number of ether oxygens (including phenoxy) is 2. The van der Waals surface area contributed by atoms with Gasteiger partial charge < -0.3 is 19.7 Å². The Morgan fingerprint density at radius 3 is 2.33 bits per heavy atom. The highest BCUT2D eigenvalue weighted by molar-refractivity contribution is 5.34. The second-order valence-corrected chi connectivity index (χ2v) is 4.56. The van der Waals surface area contributed by atoms with E-state index < -0.39 is 12.2 Å². The van der Waals surface area contributed by atoms with Gasteiger partial charge in [0.05, 0.1) is 18.8 Å². The van der Waals surface area contributed by atoms with Crippen LogP contribution >= 0.6 is 0 Å². The average molecular weight is 254 g/mol. The second-order valence-electron chi connectivity index (χ2n) is 4.56. The van der Waals surface area contributed by atoms with Crippen molar-refractivity contribution in [2.24, 2.45) is 0 Å². The molecule has 18 heavy (non-hydrogen) atoms. The van der Waals surface area contributed by atoms with Gasteiger partial charge in [-0.25, -0.2) is 0 Å². The van der Waals surface area contributed by atoms with Gasteiger partial charge >= 0.3 is 0 Å². The predicted molar refractivity (Wildman–Crippen MR) is 69.7 cm³/mol. The van der Waals surface area contributed by atoms with Gasteiger partial charge in [-0.05, 0) is 26.8 Å². The van der Waals surface area contributed by atoms with Gasteiger partial charge in [0.1, 0.15) is 18.5 Å². The summed E-state index contributed by atoms with van der Waals surface area (Å²) in [4.78, 5) is 0. The highest BCUT2D eigenvalue weighted by Gasteiger charge is 2.11. The standard InChI is InChI=1S/C14H22O4/c1-10(2)17-8-12(16)9-18-14-7-5-4-6-13(14)11(3)15/h4-7,10-12,15-16H,8-9H2,1-3H3/t11-,12?/m1/s1. The molecule has 1 aromatic carbocycles. The van der Waals surface area contributed by atoms with Crippen molar-refractivity contribution < 1.29 is 19.7 Å². The quantitative estimate of drug-likeness (QED) is 0.780. The summed E-state index contributed by atoms with van der Waals surface area (Å²) in [6.45, 7) is 5.90. The molecule has 0 saturated heterocycles. The topological polar surface area (TPSA) is 58.9 Å². The minimum Gasteiger partial charge on any atom is -0.490 e. The zero-order valence-electron chi connectivity index (χ0n) is 11.2. The van der Waals surface area contributed by atoms with E-state index in [1.54, 1.807) is 19.1 Å². The van der Waals surface area contributed by atoms with Crippen LogP contribution in [-0.4, -0.2) is 35.6 Å². The lowest BCUT2D eigenvalue weighted by atomic mass is 10.1. The monoisotopic (exact) mass is 254 g/mol. The Balaban J connectivity index is 2.48. The van der Waals surface area contributed by atoms with Crippen molar-refractivity contribution in [3.63, 3.8) is 0 Å². The van der Waals surface area contributed by atoms with Gasteiger partial charge in [0.15, 0.2) is 0 Å². The van der Waals surface area contributed by atoms with Crippen LogP contribution in [0, 0.1) is 0 Å². The fraction of sp³-hybridized carbons (Fsp3) is 0.571. The average Bonchev–Trinajstić information content (AvgIpc) is 2.34. The summed E-state index contributed by atoms with van der Waals surface area (Å²) in [5, 5.41) is 19.3. The summed E-state index contributed by atoms with van der Waals surface area (Å²) in [5.41, 5.74) is 0.717. The van der Waals surface area contributed by atoms with Crippen LogP contribution in [0.25, 0.3) is 0 Å². The first-order chi connectivity index (χ1) is 8.50. The van der Waals surface area contributed by atoms with E-state index in [-0.39, 0.29) is 19.3 Å². The van der Waals surface area contributed by atoms with Gasteiger partial charge in [-0.2, -0.15) is 0 Å². The molecule has 2 atom stereocenters. The maximum Gasteiger partial charge on any atom is 0.125 e. The second kappa shape index (κ2) is 7.36. The van der Waals surface area contributed by atoms with Crippen molar-refractivity contribution in [1.82, 2.24) is 0 Å². The number of aliphatic hydroxyl groups is 2. The number of hydrogen-bond donors (Lipinski definition) is 2. The summed E-state index contributed by atoms with van der Waals surface area (Å²) in [7, 11) is 0. The molecule has 102 valence electrons. The zero-order valence-corrected chi connectivity index (χ0v) is 11.2. The normalized spacial score (nSPS) is 14.6. The van der Waals surface area contributed by atoms with Crippen LogP contribution in [0.3, 0.4) is 0 Å². The Morgan fingerprint density at radius 1 is 1.06 bits per heavy atom. The maximum atomic E-state index is 9.68. The molecule has 0 spiro atoms. The first-order valence-electron chi connectivity index (χ1n) is 6.20. The Morgan fingerprint density at radius 2 is 1.72 bits per heavy atom. The van der Waals surface area contributed by atoms with Crippen molar-refractivity contribution in [3.8, 4) is 5.75 Å². The van der Waals surface area contributed by atoms with E-state index in [1.165, 1.54) is 0 Å². The van der Waals surface area contributed by atoms with Crippen molar-refractivity contribution in [3.05, 3.63) is 29.8 Å². The predicted octanol–water partition coefficient (Wildman–Crippen LogP) is 1.90. The summed E-state index contributed by atoms with van der Waals surface area (Å²) in [6.07, 6.45) is -1.18. The van der Waals surface area contributed by atoms with Crippen molar-refractivity contribution in [2.45, 2.75) is 39.1 Å². The smallest absolute Gasteiger partial charge is 0.125 e. The first-order valence-corrected chi connectivity index (χ1v) is 6.20. The molecule has 4 heteroatoms. The number of para-hydroxylation sites is 1. The largest absolute Gasteiger partial charge is 0.490 e. The van der Waals surface area contributed by atoms with Crippen molar-refractivity contribution >= 4 is 0 Å². The van der Waals surface area contributed by atoms with Gasteiger partial charge in [-0.3, -0.25) is 0 Å². The molecule has 1 aromatic rings. The van der Waals surface area contributed by atoms with E-state index in [0.29, 0.717) is 5.75 Å². The summed E-state index contributed by atoms with van der Waals surface area (Å²) >= 11 is 0. The third kappa shape index (κ3) is 5.04. The molecule has 0 saturated carbocycles. The van der Waals surface area contributed by atoms with E-state index >= 15 is 0 Å². The van der Waals surface area contributed by atoms with Gasteiger partial charge in [-0.15, -0.1) is 0 Å². The molecular weight excluding hydrogens is 232 g/mol. The van der Waals surface area contributed by atoms with Gasteiger partial charge in [0.25, 0.3) is 0 Å². The lowest BCUT2D eigenvalue weighted by molar-refractivity contribution is -0.0126. The van der Waals surface area contributed by atoms with Crippen molar-refractivity contribution in [1.29, 1.82) is 0 Å². The van der Waals surface area contributed by atoms with E-state index in [0.717, 1.165) is 5.56 Å². The van der Waals surface area contributed by atoms with Crippen LogP contribution in [0.2, 0.25) is 0 Å². The molecule has 0 aliphatic carbocycles. The van der Waals surface area contributed by atoms with Crippen LogP contribution < -0.4 is 4.74 Å².